The number of nitrogens with zero attached hydrogens (tertiary/aromatic N) is 4. The minimum atomic E-state index is -0.462. The van der Waals surface area contributed by atoms with Crippen molar-refractivity contribution in [2.75, 3.05) is 31.1 Å². The van der Waals surface area contributed by atoms with E-state index in [-0.39, 0.29) is 17.2 Å². The highest BCUT2D eigenvalue weighted by atomic mass is 16.6. The third-order valence-electron chi connectivity index (χ3n) is 5.65. The maximum absolute atomic E-state index is 12.9. The van der Waals surface area contributed by atoms with E-state index in [1.165, 1.54) is 18.2 Å². The Labute approximate surface area is 191 Å². The molecular weight excluding hydrogens is 420 g/mol. The fraction of sp³-hybridized carbons (Fsp3) is 0.200. The molecule has 1 saturated heterocycles. The first-order valence-electron chi connectivity index (χ1n) is 10.5. The Kier molecular flexibility index (Phi) is 6.22. The number of hydrogen-bond acceptors (Lipinski definition) is 6. The van der Waals surface area contributed by atoms with Crippen LogP contribution in [0.15, 0.2) is 70.7 Å². The molecule has 0 bridgehead atoms. The van der Waals surface area contributed by atoms with Crippen LogP contribution in [0.25, 0.3) is 17.4 Å². The summed E-state index contributed by atoms with van der Waals surface area (Å²) in [6, 6.07) is 19.9. The summed E-state index contributed by atoms with van der Waals surface area (Å²) in [5.41, 5.74) is 2.47. The molecule has 0 spiro atoms. The summed E-state index contributed by atoms with van der Waals surface area (Å²) in [6.07, 6.45) is 1.42. The van der Waals surface area contributed by atoms with Gasteiger partial charge in [0.25, 0.3) is 11.6 Å². The van der Waals surface area contributed by atoms with Crippen molar-refractivity contribution in [2.45, 2.75) is 6.92 Å². The average molecular weight is 442 g/mol. The lowest BCUT2D eigenvalue weighted by Crippen LogP contribution is -2.49. The first kappa shape index (κ1) is 21.8. The highest BCUT2D eigenvalue weighted by Gasteiger charge is 2.24. The van der Waals surface area contributed by atoms with Gasteiger partial charge in [0, 0.05) is 55.6 Å². The SMILES string of the molecule is Cc1ccc([N+](=O)[O-])cc1-c1ccc(/C=C(/C#N)C(=O)N2CCN(c3ccccc3)CC2)o1. The number of furan rings is 1. The van der Waals surface area contributed by atoms with Gasteiger partial charge in [-0.3, -0.25) is 14.9 Å². The number of carbonyl (C=O) groups is 1. The largest absolute Gasteiger partial charge is 0.457 e. The number of aryl methyl sites for hydroxylation is 1. The van der Waals surface area contributed by atoms with E-state index in [2.05, 4.69) is 4.90 Å². The molecule has 33 heavy (non-hydrogen) atoms. The number of non-ortho nitro benzene ring substituents is 1. The lowest BCUT2D eigenvalue weighted by molar-refractivity contribution is -0.384. The molecule has 2 heterocycles. The Hall–Kier alpha value is -4.38. The molecule has 0 N–H and O–H groups in total. The Morgan fingerprint density at radius 2 is 1.82 bits per heavy atom. The van der Waals surface area contributed by atoms with Gasteiger partial charge in [-0.15, -0.1) is 0 Å². The van der Waals surface area contributed by atoms with Crippen molar-refractivity contribution in [2.24, 2.45) is 0 Å². The lowest BCUT2D eigenvalue weighted by atomic mass is 10.1. The second-order valence-corrected chi connectivity index (χ2v) is 7.74. The van der Waals surface area contributed by atoms with Crippen LogP contribution in [0, 0.1) is 28.4 Å². The number of amides is 1. The van der Waals surface area contributed by atoms with Gasteiger partial charge >= 0.3 is 0 Å². The number of nitro benzene ring substituents is 1. The van der Waals surface area contributed by atoms with Gasteiger partial charge in [0.1, 0.15) is 23.2 Å². The van der Waals surface area contributed by atoms with Crippen LogP contribution in [0.1, 0.15) is 11.3 Å². The van der Waals surface area contributed by atoms with Crippen molar-refractivity contribution in [1.82, 2.24) is 4.90 Å². The van der Waals surface area contributed by atoms with E-state index in [0.717, 1.165) is 11.3 Å². The summed E-state index contributed by atoms with van der Waals surface area (Å²) in [4.78, 5) is 27.4. The number of anilines is 1. The van der Waals surface area contributed by atoms with E-state index in [0.29, 0.717) is 43.3 Å². The fourth-order valence-corrected chi connectivity index (χ4v) is 3.83. The van der Waals surface area contributed by atoms with Crippen LogP contribution >= 0.6 is 0 Å². The predicted molar refractivity (Wildman–Crippen MR) is 124 cm³/mol. The fourth-order valence-electron chi connectivity index (χ4n) is 3.83. The number of carbonyl (C=O) groups excluding carboxylic acids is 1. The normalized spacial score (nSPS) is 14.1. The summed E-state index contributed by atoms with van der Waals surface area (Å²) in [5.74, 6) is 0.432. The smallest absolute Gasteiger partial charge is 0.270 e. The van der Waals surface area contributed by atoms with Crippen LogP contribution in [-0.4, -0.2) is 41.9 Å². The van der Waals surface area contributed by atoms with E-state index in [9.17, 15) is 20.2 Å². The lowest BCUT2D eigenvalue weighted by Gasteiger charge is -2.36. The molecule has 0 saturated carbocycles. The van der Waals surface area contributed by atoms with Crippen molar-refractivity contribution < 1.29 is 14.1 Å². The second-order valence-electron chi connectivity index (χ2n) is 7.74. The van der Waals surface area contributed by atoms with Crippen LogP contribution < -0.4 is 4.90 Å². The topological polar surface area (TPSA) is 104 Å². The van der Waals surface area contributed by atoms with Crippen molar-refractivity contribution in [3.05, 3.63) is 87.7 Å². The highest BCUT2D eigenvalue weighted by Crippen LogP contribution is 2.30. The first-order chi connectivity index (χ1) is 16.0. The second kappa shape index (κ2) is 9.40. The van der Waals surface area contributed by atoms with Gasteiger partial charge in [0.2, 0.25) is 0 Å². The monoisotopic (exact) mass is 442 g/mol. The van der Waals surface area contributed by atoms with Crippen molar-refractivity contribution >= 4 is 23.4 Å². The third kappa shape index (κ3) is 4.77. The zero-order valence-corrected chi connectivity index (χ0v) is 18.1. The third-order valence-corrected chi connectivity index (χ3v) is 5.65. The predicted octanol–water partition coefficient (Wildman–Crippen LogP) is 4.42. The first-order valence-corrected chi connectivity index (χ1v) is 10.5. The molecule has 0 aliphatic carbocycles. The molecule has 1 aromatic heterocycles. The zero-order valence-electron chi connectivity index (χ0n) is 18.1. The van der Waals surface area contributed by atoms with E-state index in [4.69, 9.17) is 4.42 Å². The number of piperazine rings is 1. The van der Waals surface area contributed by atoms with Gasteiger partial charge in [0.05, 0.1) is 4.92 Å². The molecule has 2 aromatic carbocycles. The summed E-state index contributed by atoms with van der Waals surface area (Å²) < 4.78 is 5.80. The molecule has 8 nitrogen and oxygen atoms in total. The molecule has 0 radical (unpaired) electrons. The van der Waals surface area contributed by atoms with E-state index in [1.54, 1.807) is 23.1 Å². The maximum atomic E-state index is 12.9. The molecule has 3 aromatic rings. The molecule has 8 heteroatoms. The van der Waals surface area contributed by atoms with Crippen LogP contribution in [-0.2, 0) is 4.79 Å². The minimum absolute atomic E-state index is 0.0141. The Balaban J connectivity index is 1.48. The number of benzene rings is 2. The van der Waals surface area contributed by atoms with Gasteiger partial charge in [-0.2, -0.15) is 5.26 Å². The quantitative estimate of drug-likeness (QED) is 0.251. The van der Waals surface area contributed by atoms with Gasteiger partial charge in [0.15, 0.2) is 0 Å². The van der Waals surface area contributed by atoms with Crippen LogP contribution in [0.5, 0.6) is 0 Å². The molecule has 1 amide bonds. The molecule has 1 fully saturated rings. The molecule has 0 unspecified atom stereocenters. The number of rotatable bonds is 5. The molecule has 0 atom stereocenters. The van der Waals surface area contributed by atoms with Gasteiger partial charge in [-0.1, -0.05) is 24.3 Å². The number of nitro groups is 1. The van der Waals surface area contributed by atoms with E-state index >= 15 is 0 Å². The summed E-state index contributed by atoms with van der Waals surface area (Å²) in [5, 5.41) is 20.7. The summed E-state index contributed by atoms with van der Waals surface area (Å²) >= 11 is 0. The Morgan fingerprint density at radius 1 is 1.09 bits per heavy atom. The molecule has 1 aliphatic heterocycles. The molecular formula is C25H22N4O4. The van der Waals surface area contributed by atoms with Crippen LogP contribution in [0.2, 0.25) is 0 Å². The van der Waals surface area contributed by atoms with Crippen LogP contribution in [0.3, 0.4) is 0 Å². The highest BCUT2D eigenvalue weighted by molar-refractivity contribution is 6.01. The van der Waals surface area contributed by atoms with E-state index < -0.39 is 4.92 Å². The average Bonchev–Trinajstić information content (AvgIpc) is 3.31. The minimum Gasteiger partial charge on any atom is -0.457 e. The Bertz CT molecular complexity index is 1250. The molecule has 4 rings (SSSR count). The number of para-hydroxylation sites is 1. The number of nitriles is 1. The van der Waals surface area contributed by atoms with Crippen LogP contribution in [0.4, 0.5) is 11.4 Å². The zero-order chi connectivity index (χ0) is 23.4. The summed E-state index contributed by atoms with van der Waals surface area (Å²) in [7, 11) is 0. The molecule has 1 aliphatic rings. The maximum Gasteiger partial charge on any atom is 0.270 e. The van der Waals surface area contributed by atoms with Crippen molar-refractivity contribution in [3.63, 3.8) is 0 Å². The van der Waals surface area contributed by atoms with Crippen molar-refractivity contribution in [3.8, 4) is 17.4 Å². The van der Waals surface area contributed by atoms with Gasteiger partial charge in [-0.05, 0) is 36.8 Å². The van der Waals surface area contributed by atoms with Gasteiger partial charge < -0.3 is 14.2 Å². The number of hydrogen-bond donors (Lipinski definition) is 0. The summed E-state index contributed by atoms with van der Waals surface area (Å²) in [6.45, 7) is 4.24. The van der Waals surface area contributed by atoms with E-state index in [1.807, 2.05) is 43.3 Å². The Morgan fingerprint density at radius 3 is 2.48 bits per heavy atom. The molecule has 166 valence electrons. The van der Waals surface area contributed by atoms with Gasteiger partial charge in [-0.25, -0.2) is 0 Å². The standard InChI is InChI=1S/C25H22N4O4/c1-18-7-8-21(29(31)32)16-23(18)24-10-9-22(33-24)15-19(17-26)25(30)28-13-11-27(12-14-28)20-5-3-2-4-6-20/h2-10,15-16H,11-14H2,1H3/b19-15-. The van der Waals surface area contributed by atoms with Crippen molar-refractivity contribution in [1.29, 1.82) is 5.26 Å².